The molecule has 0 amide bonds. The zero-order valence-electron chi connectivity index (χ0n) is 12.0. The minimum absolute atomic E-state index is 0.117. The first-order valence-corrected chi connectivity index (χ1v) is 8.63. The number of anilines is 1. The molecule has 0 aromatic heterocycles. The van der Waals surface area contributed by atoms with Crippen LogP contribution in [0.5, 0.6) is 0 Å². The van der Waals surface area contributed by atoms with E-state index >= 15 is 0 Å². The number of methoxy groups -OCH3 is 1. The van der Waals surface area contributed by atoms with E-state index in [0.29, 0.717) is 17.6 Å². The molecular formula is C13H21BrN2O3S. The third-order valence-electron chi connectivity index (χ3n) is 3.16. The number of nitrogen functional groups attached to an aromatic ring is 1. The predicted octanol–water partition coefficient (Wildman–Crippen LogP) is 2.47. The molecular weight excluding hydrogens is 344 g/mol. The van der Waals surface area contributed by atoms with Crippen molar-refractivity contribution in [3.05, 3.63) is 22.7 Å². The molecule has 1 atom stereocenters. The van der Waals surface area contributed by atoms with Gasteiger partial charge in [0.1, 0.15) is 4.90 Å². The van der Waals surface area contributed by atoms with Crippen molar-refractivity contribution in [3.63, 3.8) is 0 Å². The number of ether oxygens (including phenoxy) is 1. The van der Waals surface area contributed by atoms with Crippen molar-refractivity contribution in [1.82, 2.24) is 4.31 Å². The number of hydrogen-bond donors (Lipinski definition) is 1. The van der Waals surface area contributed by atoms with Gasteiger partial charge in [-0.25, -0.2) is 8.42 Å². The quantitative estimate of drug-likeness (QED) is 0.754. The molecule has 7 heteroatoms. The molecule has 0 heterocycles. The van der Waals surface area contributed by atoms with Gasteiger partial charge in [-0.2, -0.15) is 4.31 Å². The molecule has 0 saturated carbocycles. The topological polar surface area (TPSA) is 72.6 Å². The van der Waals surface area contributed by atoms with E-state index < -0.39 is 10.0 Å². The Kier molecular flexibility index (Phi) is 6.44. The molecule has 0 fully saturated rings. The molecule has 0 spiro atoms. The van der Waals surface area contributed by atoms with E-state index in [1.165, 1.54) is 10.4 Å². The monoisotopic (exact) mass is 364 g/mol. The second-order valence-electron chi connectivity index (χ2n) is 4.55. The maximum Gasteiger partial charge on any atom is 0.245 e. The van der Waals surface area contributed by atoms with Crippen LogP contribution in [0.15, 0.2) is 27.6 Å². The van der Waals surface area contributed by atoms with E-state index in [2.05, 4.69) is 15.9 Å². The molecule has 1 aromatic rings. The van der Waals surface area contributed by atoms with Crippen molar-refractivity contribution >= 4 is 31.6 Å². The summed E-state index contributed by atoms with van der Waals surface area (Å²) in [6, 6.07) is 4.72. The van der Waals surface area contributed by atoms with Crippen LogP contribution in [-0.2, 0) is 14.8 Å². The van der Waals surface area contributed by atoms with Gasteiger partial charge in [0.25, 0.3) is 0 Å². The van der Waals surface area contributed by atoms with Crippen molar-refractivity contribution < 1.29 is 13.2 Å². The van der Waals surface area contributed by atoms with Crippen molar-refractivity contribution in [1.29, 1.82) is 0 Å². The average Bonchev–Trinajstić information content (AvgIpc) is 2.41. The lowest BCUT2D eigenvalue weighted by atomic mass is 10.3. The van der Waals surface area contributed by atoms with Gasteiger partial charge in [0.15, 0.2) is 0 Å². The summed E-state index contributed by atoms with van der Waals surface area (Å²) >= 11 is 3.28. The second-order valence-corrected chi connectivity index (χ2v) is 7.32. The van der Waals surface area contributed by atoms with E-state index in [9.17, 15) is 8.42 Å². The Labute approximate surface area is 129 Å². The molecule has 0 aliphatic heterocycles. The van der Waals surface area contributed by atoms with Crippen LogP contribution in [-0.4, -0.2) is 39.0 Å². The van der Waals surface area contributed by atoms with Gasteiger partial charge in [0, 0.05) is 24.2 Å². The highest BCUT2D eigenvalue weighted by molar-refractivity contribution is 9.10. The fourth-order valence-corrected chi connectivity index (χ4v) is 4.17. The van der Waals surface area contributed by atoms with Crippen molar-refractivity contribution in [3.8, 4) is 0 Å². The molecule has 20 heavy (non-hydrogen) atoms. The van der Waals surface area contributed by atoms with Gasteiger partial charge in [-0.3, -0.25) is 0 Å². The Morgan fingerprint density at radius 1 is 1.45 bits per heavy atom. The maximum absolute atomic E-state index is 12.8. The molecule has 5 nitrogen and oxygen atoms in total. The summed E-state index contributed by atoms with van der Waals surface area (Å²) in [5.41, 5.74) is 6.07. The molecule has 0 saturated heterocycles. The van der Waals surface area contributed by atoms with Gasteiger partial charge >= 0.3 is 0 Å². The fraction of sp³-hybridized carbons (Fsp3) is 0.538. The molecule has 1 rings (SSSR count). The summed E-state index contributed by atoms with van der Waals surface area (Å²) in [6.07, 6.45) is 0.719. The summed E-state index contributed by atoms with van der Waals surface area (Å²) in [4.78, 5) is 0.128. The molecule has 0 aliphatic carbocycles. The number of nitrogens with zero attached hydrogens (tertiary/aromatic N) is 1. The molecule has 114 valence electrons. The summed E-state index contributed by atoms with van der Waals surface area (Å²) < 4.78 is 32.7. The van der Waals surface area contributed by atoms with Crippen LogP contribution in [0, 0.1) is 0 Å². The standard InChI is InChI=1S/C13H21BrN2O3S/c1-4-10(2)16(7-8-19-3)20(17,18)13-9-11(14)5-6-12(13)15/h5-6,9-10H,4,7-8,15H2,1-3H3. The first-order chi connectivity index (χ1) is 9.34. The van der Waals surface area contributed by atoms with Gasteiger partial charge in [-0.15, -0.1) is 0 Å². The zero-order valence-corrected chi connectivity index (χ0v) is 14.4. The van der Waals surface area contributed by atoms with Crippen molar-refractivity contribution in [2.24, 2.45) is 0 Å². The number of hydrogen-bond acceptors (Lipinski definition) is 4. The van der Waals surface area contributed by atoms with Crippen LogP contribution in [0.25, 0.3) is 0 Å². The summed E-state index contributed by atoms with van der Waals surface area (Å²) in [5, 5.41) is 0. The number of nitrogens with two attached hydrogens (primary N) is 1. The highest BCUT2D eigenvalue weighted by Crippen LogP contribution is 2.27. The normalized spacial score (nSPS) is 13.7. The predicted molar refractivity (Wildman–Crippen MR) is 84.1 cm³/mol. The Hall–Kier alpha value is -0.630. The molecule has 0 aliphatic rings. The van der Waals surface area contributed by atoms with Gasteiger partial charge in [0.05, 0.1) is 12.3 Å². The number of sulfonamides is 1. The summed E-state index contributed by atoms with van der Waals surface area (Å²) in [5.74, 6) is 0. The minimum Gasteiger partial charge on any atom is -0.398 e. The SMILES string of the molecule is CCC(C)N(CCOC)S(=O)(=O)c1cc(Br)ccc1N. The average molecular weight is 365 g/mol. The third-order valence-corrected chi connectivity index (χ3v) is 5.72. The van der Waals surface area contributed by atoms with Crippen LogP contribution in [0.4, 0.5) is 5.69 Å². The lowest BCUT2D eigenvalue weighted by Gasteiger charge is -2.28. The molecule has 0 radical (unpaired) electrons. The van der Waals surface area contributed by atoms with Gasteiger partial charge in [-0.05, 0) is 31.5 Å². The first-order valence-electron chi connectivity index (χ1n) is 6.40. The fourth-order valence-electron chi connectivity index (χ4n) is 1.82. The summed E-state index contributed by atoms with van der Waals surface area (Å²) in [7, 11) is -2.09. The van der Waals surface area contributed by atoms with E-state index in [0.717, 1.165) is 6.42 Å². The van der Waals surface area contributed by atoms with Crippen LogP contribution < -0.4 is 5.73 Å². The van der Waals surface area contributed by atoms with Crippen molar-refractivity contribution in [2.45, 2.75) is 31.2 Å². The number of benzene rings is 1. The maximum atomic E-state index is 12.8. The lowest BCUT2D eigenvalue weighted by molar-refractivity contribution is 0.167. The van der Waals surface area contributed by atoms with Crippen LogP contribution in [0.1, 0.15) is 20.3 Å². The molecule has 1 unspecified atom stereocenters. The third kappa shape index (κ3) is 3.94. The smallest absolute Gasteiger partial charge is 0.245 e. The van der Waals surface area contributed by atoms with E-state index in [1.807, 2.05) is 13.8 Å². The Bertz CT molecular complexity index is 549. The number of rotatable bonds is 7. The Balaban J connectivity index is 3.24. The van der Waals surface area contributed by atoms with Gasteiger partial charge in [-0.1, -0.05) is 22.9 Å². The second kappa shape index (κ2) is 7.40. The molecule has 0 bridgehead atoms. The van der Waals surface area contributed by atoms with Crippen LogP contribution in [0.3, 0.4) is 0 Å². The Morgan fingerprint density at radius 3 is 2.65 bits per heavy atom. The lowest BCUT2D eigenvalue weighted by Crippen LogP contribution is -2.40. The largest absolute Gasteiger partial charge is 0.398 e. The number of halogens is 1. The summed E-state index contributed by atoms with van der Waals surface area (Å²) in [6.45, 7) is 4.48. The highest BCUT2D eigenvalue weighted by atomic mass is 79.9. The zero-order chi connectivity index (χ0) is 15.3. The minimum atomic E-state index is -3.64. The molecule has 1 aromatic carbocycles. The first kappa shape index (κ1) is 17.4. The Morgan fingerprint density at radius 2 is 2.10 bits per heavy atom. The van der Waals surface area contributed by atoms with Gasteiger partial charge in [0.2, 0.25) is 10.0 Å². The highest BCUT2D eigenvalue weighted by Gasteiger charge is 2.29. The van der Waals surface area contributed by atoms with E-state index in [1.54, 1.807) is 19.2 Å². The molecule has 2 N–H and O–H groups in total. The van der Waals surface area contributed by atoms with E-state index in [4.69, 9.17) is 10.5 Å². The van der Waals surface area contributed by atoms with Crippen LogP contribution >= 0.6 is 15.9 Å². The van der Waals surface area contributed by atoms with Crippen LogP contribution in [0.2, 0.25) is 0 Å². The van der Waals surface area contributed by atoms with E-state index in [-0.39, 0.29) is 16.6 Å². The van der Waals surface area contributed by atoms with Gasteiger partial charge < -0.3 is 10.5 Å². The van der Waals surface area contributed by atoms with Crippen molar-refractivity contribution in [2.75, 3.05) is 26.0 Å².